The van der Waals surface area contributed by atoms with Crippen LogP contribution in [0, 0.1) is 39.4 Å². The lowest BCUT2D eigenvalue weighted by molar-refractivity contribution is -0.129. The molecule has 4 aliphatic rings. The minimum atomic E-state index is -0.606. The van der Waals surface area contributed by atoms with Crippen molar-refractivity contribution >= 4 is 0 Å². The molecule has 32 heavy (non-hydrogen) atoms. The predicted octanol–water partition coefficient (Wildman–Crippen LogP) is 7.45. The van der Waals surface area contributed by atoms with Gasteiger partial charge >= 0.3 is 0 Å². The highest BCUT2D eigenvalue weighted by atomic mass is 16.3. The second-order valence-corrected chi connectivity index (χ2v) is 13.9. The maximum atomic E-state index is 11.7. The molecule has 3 saturated carbocycles. The second-order valence-electron chi connectivity index (χ2n) is 13.9. The van der Waals surface area contributed by atoms with Crippen LogP contribution < -0.4 is 0 Å². The van der Waals surface area contributed by atoms with Crippen LogP contribution in [0.1, 0.15) is 113 Å². The maximum absolute atomic E-state index is 11.7. The van der Waals surface area contributed by atoms with Gasteiger partial charge < -0.3 is 10.2 Å². The topological polar surface area (TPSA) is 40.5 Å². The third-order valence-electron chi connectivity index (χ3n) is 11.8. The third kappa shape index (κ3) is 3.33. The van der Waals surface area contributed by atoms with E-state index < -0.39 is 5.60 Å². The molecule has 0 saturated heterocycles. The van der Waals surface area contributed by atoms with Crippen LogP contribution >= 0.6 is 0 Å². The van der Waals surface area contributed by atoms with E-state index in [0.717, 1.165) is 44.9 Å². The first kappa shape index (κ1) is 24.5. The van der Waals surface area contributed by atoms with Crippen molar-refractivity contribution in [3.63, 3.8) is 0 Å². The van der Waals surface area contributed by atoms with Crippen molar-refractivity contribution in [2.24, 2.45) is 39.4 Å². The average molecular weight is 443 g/mol. The SMILES string of the molecule is C=C(C)CCCC(C)(O)C1CCC2(C)C3CCC4C(C)(CCC(O)C4(C)C)C3=CCC12C. The van der Waals surface area contributed by atoms with Gasteiger partial charge in [0.15, 0.2) is 0 Å². The Morgan fingerprint density at radius 3 is 2.41 bits per heavy atom. The molecule has 0 bridgehead atoms. The van der Waals surface area contributed by atoms with Crippen molar-refractivity contribution in [2.75, 3.05) is 0 Å². The van der Waals surface area contributed by atoms with Gasteiger partial charge in [-0.05, 0) is 117 Å². The lowest BCUT2D eigenvalue weighted by Gasteiger charge is -2.64. The molecular formula is C30H50O2. The molecule has 2 heteroatoms. The molecule has 4 rings (SSSR count). The van der Waals surface area contributed by atoms with Gasteiger partial charge in [-0.15, -0.1) is 6.58 Å². The van der Waals surface area contributed by atoms with Gasteiger partial charge in [0.25, 0.3) is 0 Å². The number of aliphatic hydroxyl groups excluding tert-OH is 1. The van der Waals surface area contributed by atoms with E-state index in [9.17, 15) is 10.2 Å². The average Bonchev–Trinajstić information content (AvgIpc) is 2.97. The summed E-state index contributed by atoms with van der Waals surface area (Å²) in [6.45, 7) is 20.5. The van der Waals surface area contributed by atoms with Gasteiger partial charge in [-0.3, -0.25) is 0 Å². The van der Waals surface area contributed by atoms with Crippen molar-refractivity contribution in [1.29, 1.82) is 0 Å². The van der Waals surface area contributed by atoms with Crippen LogP contribution in [0.5, 0.6) is 0 Å². The van der Waals surface area contributed by atoms with Crippen LogP contribution in [-0.2, 0) is 0 Å². The number of rotatable bonds is 5. The van der Waals surface area contributed by atoms with Crippen LogP contribution in [0.2, 0.25) is 0 Å². The molecule has 0 aromatic heterocycles. The molecule has 8 atom stereocenters. The fourth-order valence-electron chi connectivity index (χ4n) is 9.63. The van der Waals surface area contributed by atoms with Crippen molar-refractivity contribution in [2.45, 2.75) is 124 Å². The molecule has 0 aromatic carbocycles. The Morgan fingerprint density at radius 2 is 1.75 bits per heavy atom. The van der Waals surface area contributed by atoms with Gasteiger partial charge in [-0.1, -0.05) is 51.8 Å². The molecule has 3 fully saturated rings. The number of fused-ring (bicyclic) bond motifs is 5. The minimum absolute atomic E-state index is 0.00830. The molecule has 0 aliphatic heterocycles. The Labute approximate surface area is 198 Å². The summed E-state index contributed by atoms with van der Waals surface area (Å²) in [5, 5.41) is 22.5. The van der Waals surface area contributed by atoms with Crippen LogP contribution in [0.25, 0.3) is 0 Å². The number of hydrogen-bond acceptors (Lipinski definition) is 2. The third-order valence-corrected chi connectivity index (χ3v) is 11.8. The van der Waals surface area contributed by atoms with E-state index in [1.54, 1.807) is 5.57 Å². The fourth-order valence-corrected chi connectivity index (χ4v) is 9.63. The Hall–Kier alpha value is -0.600. The Kier molecular flexibility index (Phi) is 5.90. The molecule has 4 aliphatic carbocycles. The lowest BCUT2D eigenvalue weighted by atomic mass is 9.41. The molecule has 8 unspecified atom stereocenters. The molecule has 2 N–H and O–H groups in total. The van der Waals surface area contributed by atoms with Crippen LogP contribution in [-0.4, -0.2) is 21.9 Å². The summed E-state index contributed by atoms with van der Waals surface area (Å²) >= 11 is 0. The summed E-state index contributed by atoms with van der Waals surface area (Å²) in [4.78, 5) is 0. The summed E-state index contributed by atoms with van der Waals surface area (Å²) in [6, 6.07) is 0. The minimum Gasteiger partial charge on any atom is -0.393 e. The highest BCUT2D eigenvalue weighted by Crippen LogP contribution is 2.73. The molecule has 0 aromatic rings. The first-order valence-electron chi connectivity index (χ1n) is 13.5. The van der Waals surface area contributed by atoms with Gasteiger partial charge in [-0.25, -0.2) is 0 Å². The summed E-state index contributed by atoms with van der Waals surface area (Å²) in [5.41, 5.74) is 2.96. The monoisotopic (exact) mass is 442 g/mol. The molecule has 0 heterocycles. The quantitative estimate of drug-likeness (QED) is 0.434. The zero-order valence-electron chi connectivity index (χ0n) is 22.1. The number of aliphatic hydroxyl groups is 2. The highest BCUT2D eigenvalue weighted by Gasteiger charge is 2.66. The smallest absolute Gasteiger partial charge is 0.0653 e. The van der Waals surface area contributed by atoms with E-state index in [1.165, 1.54) is 24.8 Å². The fraction of sp³-hybridized carbons (Fsp3) is 0.867. The summed E-state index contributed by atoms with van der Waals surface area (Å²) < 4.78 is 0. The van der Waals surface area contributed by atoms with Gasteiger partial charge in [0.1, 0.15) is 0 Å². The van der Waals surface area contributed by atoms with Crippen molar-refractivity contribution < 1.29 is 10.2 Å². The number of allylic oxidation sites excluding steroid dienone is 3. The number of hydrogen-bond donors (Lipinski definition) is 2. The Morgan fingerprint density at radius 1 is 1.06 bits per heavy atom. The maximum Gasteiger partial charge on any atom is 0.0653 e. The Bertz CT molecular complexity index is 791. The van der Waals surface area contributed by atoms with Gasteiger partial charge in [0.05, 0.1) is 11.7 Å². The van der Waals surface area contributed by atoms with E-state index in [-0.39, 0.29) is 27.8 Å². The molecule has 2 nitrogen and oxygen atoms in total. The lowest BCUT2D eigenvalue weighted by Crippen LogP contribution is -2.58. The molecule has 0 spiro atoms. The van der Waals surface area contributed by atoms with Crippen LogP contribution in [0.15, 0.2) is 23.8 Å². The van der Waals surface area contributed by atoms with Crippen LogP contribution in [0.3, 0.4) is 0 Å². The normalized spacial score (nSPS) is 47.0. The summed E-state index contributed by atoms with van der Waals surface area (Å²) in [5.74, 6) is 1.56. The van der Waals surface area contributed by atoms with E-state index in [2.05, 4.69) is 61.1 Å². The Balaban J connectivity index is 1.65. The van der Waals surface area contributed by atoms with E-state index >= 15 is 0 Å². The first-order valence-corrected chi connectivity index (χ1v) is 13.5. The standard InChI is InChI=1S/C30H50O2/c1-20(2)10-9-16-30(8,32)24-14-19-28(6)22-11-12-23-26(3,4)25(31)15-17-27(23,5)21(22)13-18-29(24,28)7/h13,22-25,31-32H,1,9-12,14-19H2,2-8H3. The molecular weight excluding hydrogens is 392 g/mol. The van der Waals surface area contributed by atoms with Crippen molar-refractivity contribution in [3.05, 3.63) is 23.8 Å². The predicted molar refractivity (Wildman–Crippen MR) is 134 cm³/mol. The van der Waals surface area contributed by atoms with E-state index in [4.69, 9.17) is 0 Å². The van der Waals surface area contributed by atoms with Gasteiger partial charge in [-0.2, -0.15) is 0 Å². The zero-order valence-corrected chi connectivity index (χ0v) is 22.1. The van der Waals surface area contributed by atoms with Crippen molar-refractivity contribution in [1.82, 2.24) is 0 Å². The summed E-state index contributed by atoms with van der Waals surface area (Å²) in [7, 11) is 0. The second kappa shape index (κ2) is 7.70. The van der Waals surface area contributed by atoms with E-state index in [0.29, 0.717) is 17.8 Å². The zero-order chi connectivity index (χ0) is 23.7. The largest absolute Gasteiger partial charge is 0.393 e. The summed E-state index contributed by atoms with van der Waals surface area (Å²) in [6.07, 6.45) is 13.4. The molecule has 0 radical (unpaired) electrons. The van der Waals surface area contributed by atoms with Gasteiger partial charge in [0, 0.05) is 0 Å². The first-order chi connectivity index (χ1) is 14.7. The molecule has 0 amide bonds. The molecule has 182 valence electrons. The highest BCUT2D eigenvalue weighted by molar-refractivity contribution is 5.33. The van der Waals surface area contributed by atoms with E-state index in [1.807, 2.05) is 0 Å². The van der Waals surface area contributed by atoms with Crippen molar-refractivity contribution in [3.8, 4) is 0 Å². The van der Waals surface area contributed by atoms with Crippen LogP contribution in [0.4, 0.5) is 0 Å². The van der Waals surface area contributed by atoms with Gasteiger partial charge in [0.2, 0.25) is 0 Å².